The second kappa shape index (κ2) is 7.75. The quantitative estimate of drug-likeness (QED) is 0.389. The fraction of sp³-hybridized carbons (Fsp3) is 0.190. The lowest BCUT2D eigenvalue weighted by atomic mass is 10.00. The molecule has 0 saturated carbocycles. The van der Waals surface area contributed by atoms with Gasteiger partial charge in [-0.05, 0) is 35.7 Å². The van der Waals surface area contributed by atoms with Gasteiger partial charge in [-0.25, -0.2) is 9.59 Å². The van der Waals surface area contributed by atoms with Crippen molar-refractivity contribution in [1.29, 1.82) is 5.26 Å². The van der Waals surface area contributed by atoms with Gasteiger partial charge in [0, 0.05) is 17.5 Å². The van der Waals surface area contributed by atoms with Gasteiger partial charge in [-0.2, -0.15) is 5.26 Å². The van der Waals surface area contributed by atoms with Crippen molar-refractivity contribution in [3.63, 3.8) is 0 Å². The Labute approximate surface area is 155 Å². The Bertz CT molecular complexity index is 1090. The van der Waals surface area contributed by atoms with Crippen molar-refractivity contribution in [2.75, 3.05) is 6.61 Å². The van der Waals surface area contributed by atoms with E-state index in [4.69, 9.17) is 19.2 Å². The highest BCUT2D eigenvalue weighted by Gasteiger charge is 2.12. The summed E-state index contributed by atoms with van der Waals surface area (Å²) in [4.78, 5) is 23.8. The van der Waals surface area contributed by atoms with E-state index in [0.29, 0.717) is 16.9 Å². The molecule has 1 aromatic heterocycles. The number of fused-ring (bicyclic) bond motifs is 1. The van der Waals surface area contributed by atoms with Crippen molar-refractivity contribution in [2.45, 2.75) is 19.8 Å². The van der Waals surface area contributed by atoms with Crippen LogP contribution in [0.5, 0.6) is 11.5 Å². The van der Waals surface area contributed by atoms with E-state index in [1.165, 1.54) is 12.1 Å². The molecule has 0 aliphatic rings. The molecule has 0 spiro atoms. The number of ether oxygens (including phenoxy) is 2. The third kappa shape index (κ3) is 4.15. The van der Waals surface area contributed by atoms with Crippen LogP contribution in [-0.2, 0) is 4.79 Å². The molecule has 0 aliphatic heterocycles. The minimum atomic E-state index is -0.635. The fourth-order valence-corrected chi connectivity index (χ4v) is 2.69. The predicted octanol–water partition coefficient (Wildman–Crippen LogP) is 3.77. The molecular formula is C21H17NO5. The van der Waals surface area contributed by atoms with Crippen LogP contribution >= 0.6 is 0 Å². The number of esters is 1. The first-order valence-electron chi connectivity index (χ1n) is 8.38. The van der Waals surface area contributed by atoms with Crippen molar-refractivity contribution in [3.8, 4) is 17.6 Å². The van der Waals surface area contributed by atoms with Gasteiger partial charge in [-0.15, -0.1) is 0 Å². The van der Waals surface area contributed by atoms with Gasteiger partial charge in [0.25, 0.3) is 0 Å². The van der Waals surface area contributed by atoms with Gasteiger partial charge in [0.15, 0.2) is 6.61 Å². The molecule has 0 radical (unpaired) electrons. The predicted molar refractivity (Wildman–Crippen MR) is 98.9 cm³/mol. The third-order valence-corrected chi connectivity index (χ3v) is 3.95. The monoisotopic (exact) mass is 363 g/mol. The summed E-state index contributed by atoms with van der Waals surface area (Å²) in [6, 6.07) is 15.0. The van der Waals surface area contributed by atoms with Crippen molar-refractivity contribution < 1.29 is 18.7 Å². The van der Waals surface area contributed by atoms with E-state index in [2.05, 4.69) is 0 Å². The molecule has 27 heavy (non-hydrogen) atoms. The highest BCUT2D eigenvalue weighted by Crippen LogP contribution is 2.27. The topological polar surface area (TPSA) is 89.5 Å². The number of nitrogens with zero attached hydrogens (tertiary/aromatic N) is 1. The zero-order valence-electron chi connectivity index (χ0n) is 14.9. The Morgan fingerprint density at radius 2 is 1.96 bits per heavy atom. The van der Waals surface area contributed by atoms with Gasteiger partial charge >= 0.3 is 11.6 Å². The van der Waals surface area contributed by atoms with Crippen LogP contribution in [0.3, 0.4) is 0 Å². The van der Waals surface area contributed by atoms with Crippen molar-refractivity contribution in [1.82, 2.24) is 0 Å². The fourth-order valence-electron chi connectivity index (χ4n) is 2.69. The van der Waals surface area contributed by atoms with Crippen molar-refractivity contribution >= 4 is 16.9 Å². The second-order valence-electron chi connectivity index (χ2n) is 6.20. The van der Waals surface area contributed by atoms with Crippen molar-refractivity contribution in [2.24, 2.45) is 0 Å². The molecule has 0 atom stereocenters. The summed E-state index contributed by atoms with van der Waals surface area (Å²) < 4.78 is 15.8. The molecule has 0 fully saturated rings. The van der Waals surface area contributed by atoms with Crippen molar-refractivity contribution in [3.05, 3.63) is 70.1 Å². The van der Waals surface area contributed by atoms with Crippen LogP contribution in [0, 0.1) is 11.3 Å². The van der Waals surface area contributed by atoms with Crippen LogP contribution in [-0.4, -0.2) is 12.6 Å². The zero-order chi connectivity index (χ0) is 19.4. The molecule has 6 nitrogen and oxygen atoms in total. The lowest BCUT2D eigenvalue weighted by Gasteiger charge is -2.10. The van der Waals surface area contributed by atoms with Crippen LogP contribution in [0.15, 0.2) is 57.7 Å². The summed E-state index contributed by atoms with van der Waals surface area (Å²) in [5.74, 6) is 0.0693. The molecule has 136 valence electrons. The van der Waals surface area contributed by atoms with Crippen LogP contribution < -0.4 is 15.1 Å². The minimum Gasteiger partial charge on any atom is -0.481 e. The molecule has 3 aromatic rings. The SMILES string of the molecule is CC(C)c1cc(=O)oc2cc(OC(=O)COc3ccccc3C#N)ccc12. The summed E-state index contributed by atoms with van der Waals surface area (Å²) in [7, 11) is 0. The van der Waals surface area contributed by atoms with Crippen LogP contribution in [0.1, 0.15) is 30.9 Å². The van der Waals surface area contributed by atoms with E-state index >= 15 is 0 Å². The van der Waals surface area contributed by atoms with Crippen LogP contribution in [0.2, 0.25) is 0 Å². The third-order valence-electron chi connectivity index (χ3n) is 3.95. The maximum absolute atomic E-state index is 12.0. The lowest BCUT2D eigenvalue weighted by Crippen LogP contribution is -2.18. The van der Waals surface area contributed by atoms with Gasteiger partial charge in [0.05, 0.1) is 5.56 Å². The summed E-state index contributed by atoms with van der Waals surface area (Å²) in [6.07, 6.45) is 0. The number of rotatable bonds is 5. The normalized spacial score (nSPS) is 10.6. The highest BCUT2D eigenvalue weighted by molar-refractivity contribution is 5.83. The number of para-hydroxylation sites is 1. The summed E-state index contributed by atoms with van der Waals surface area (Å²) in [5.41, 5.74) is 1.10. The van der Waals surface area contributed by atoms with E-state index in [1.807, 2.05) is 19.9 Å². The number of benzene rings is 2. The van der Waals surface area contributed by atoms with Gasteiger partial charge in [-0.1, -0.05) is 26.0 Å². The molecule has 2 aromatic carbocycles. The molecule has 0 aliphatic carbocycles. The molecular weight excluding hydrogens is 346 g/mol. The molecule has 3 rings (SSSR count). The molecule has 0 bridgehead atoms. The van der Waals surface area contributed by atoms with E-state index in [-0.39, 0.29) is 18.3 Å². The Balaban J connectivity index is 1.75. The van der Waals surface area contributed by atoms with E-state index in [9.17, 15) is 9.59 Å². The van der Waals surface area contributed by atoms with Gasteiger partial charge in [0.1, 0.15) is 23.2 Å². The van der Waals surface area contributed by atoms with Gasteiger partial charge < -0.3 is 13.9 Å². The second-order valence-corrected chi connectivity index (χ2v) is 6.20. The summed E-state index contributed by atoms with van der Waals surface area (Å²) in [6.45, 7) is 3.61. The largest absolute Gasteiger partial charge is 0.481 e. The first-order valence-corrected chi connectivity index (χ1v) is 8.38. The Morgan fingerprint density at radius 3 is 2.70 bits per heavy atom. The number of nitriles is 1. The average Bonchev–Trinajstić information content (AvgIpc) is 2.65. The van der Waals surface area contributed by atoms with Crippen LogP contribution in [0.25, 0.3) is 11.0 Å². The smallest absolute Gasteiger partial charge is 0.349 e. The number of hydrogen-bond donors (Lipinski definition) is 0. The zero-order valence-corrected chi connectivity index (χ0v) is 14.9. The number of carbonyl (C=O) groups excluding carboxylic acids is 1. The van der Waals surface area contributed by atoms with Gasteiger partial charge in [0.2, 0.25) is 0 Å². The van der Waals surface area contributed by atoms with Crippen LogP contribution in [0.4, 0.5) is 0 Å². The molecule has 0 unspecified atom stereocenters. The lowest BCUT2D eigenvalue weighted by molar-refractivity contribution is -0.136. The minimum absolute atomic E-state index is 0.151. The van der Waals surface area contributed by atoms with E-state index in [1.54, 1.807) is 36.4 Å². The first kappa shape index (κ1) is 18.2. The summed E-state index contributed by atoms with van der Waals surface area (Å²) >= 11 is 0. The standard InChI is InChI=1S/C21H17NO5/c1-13(2)17-10-20(23)27-19-9-15(7-8-16(17)19)26-21(24)12-25-18-6-4-3-5-14(18)11-22/h3-10,13H,12H2,1-2H3. The molecule has 0 amide bonds. The van der Waals surface area contributed by atoms with E-state index < -0.39 is 11.6 Å². The Kier molecular flexibility index (Phi) is 5.23. The van der Waals surface area contributed by atoms with E-state index in [0.717, 1.165) is 10.9 Å². The number of carbonyl (C=O) groups is 1. The first-order chi connectivity index (χ1) is 13.0. The van der Waals surface area contributed by atoms with Gasteiger partial charge in [-0.3, -0.25) is 0 Å². The molecule has 0 N–H and O–H groups in total. The molecule has 1 heterocycles. The Hall–Kier alpha value is -3.59. The Morgan fingerprint density at radius 1 is 1.19 bits per heavy atom. The summed E-state index contributed by atoms with van der Waals surface area (Å²) in [5, 5.41) is 9.82. The highest BCUT2D eigenvalue weighted by atomic mass is 16.6. The molecule has 6 heteroatoms. The maximum atomic E-state index is 12.0. The average molecular weight is 363 g/mol. The number of hydrogen-bond acceptors (Lipinski definition) is 6. The molecule has 0 saturated heterocycles. The maximum Gasteiger partial charge on any atom is 0.349 e.